The zero-order valence-corrected chi connectivity index (χ0v) is 16.5. The summed E-state index contributed by atoms with van der Waals surface area (Å²) in [7, 11) is -2.25. The SMILES string of the molecule is COc1ccc2c(c1)N(S(=O)(=O)c1ccc(C)cc1)CC[C@@H]1NC(=O)CO[C@@H]21. The number of hydrogen-bond donors (Lipinski definition) is 1. The maximum Gasteiger partial charge on any atom is 0.264 e. The zero-order valence-electron chi connectivity index (χ0n) is 15.7. The number of anilines is 1. The van der Waals surface area contributed by atoms with Crippen molar-refractivity contribution in [1.29, 1.82) is 0 Å². The third-order valence-corrected chi connectivity index (χ3v) is 7.00. The fourth-order valence-corrected chi connectivity index (χ4v) is 5.20. The van der Waals surface area contributed by atoms with Crippen molar-refractivity contribution in [2.75, 3.05) is 24.6 Å². The molecule has 1 amide bonds. The minimum Gasteiger partial charge on any atom is -0.497 e. The second kappa shape index (κ2) is 7.10. The fraction of sp³-hybridized carbons (Fsp3) is 0.350. The maximum atomic E-state index is 13.4. The van der Waals surface area contributed by atoms with Gasteiger partial charge in [0, 0.05) is 18.2 Å². The van der Waals surface area contributed by atoms with Crippen LogP contribution in [0.25, 0.3) is 0 Å². The van der Waals surface area contributed by atoms with E-state index in [0.29, 0.717) is 17.9 Å². The second-order valence-electron chi connectivity index (χ2n) is 7.01. The van der Waals surface area contributed by atoms with Gasteiger partial charge in [-0.1, -0.05) is 23.8 Å². The van der Waals surface area contributed by atoms with Crippen molar-refractivity contribution in [3.8, 4) is 5.75 Å². The van der Waals surface area contributed by atoms with Crippen molar-refractivity contribution in [2.24, 2.45) is 0 Å². The Hall–Kier alpha value is -2.58. The molecule has 1 fully saturated rings. The third kappa shape index (κ3) is 3.22. The Balaban J connectivity index is 1.84. The van der Waals surface area contributed by atoms with Gasteiger partial charge >= 0.3 is 0 Å². The summed E-state index contributed by atoms with van der Waals surface area (Å²) in [4.78, 5) is 12.0. The lowest BCUT2D eigenvalue weighted by molar-refractivity contribution is -0.137. The molecule has 0 saturated carbocycles. The zero-order chi connectivity index (χ0) is 19.9. The number of aryl methyl sites for hydroxylation is 1. The fourth-order valence-electron chi connectivity index (χ4n) is 3.71. The number of sulfonamides is 1. The number of ether oxygens (including phenoxy) is 2. The van der Waals surface area contributed by atoms with Gasteiger partial charge in [0.15, 0.2) is 0 Å². The Bertz CT molecular complexity index is 1000. The predicted octanol–water partition coefficient (Wildman–Crippen LogP) is 2.16. The van der Waals surface area contributed by atoms with Crippen LogP contribution in [0.1, 0.15) is 23.7 Å². The van der Waals surface area contributed by atoms with Crippen LogP contribution >= 0.6 is 0 Å². The van der Waals surface area contributed by atoms with Crippen molar-refractivity contribution in [1.82, 2.24) is 5.32 Å². The molecule has 0 aromatic heterocycles. The van der Waals surface area contributed by atoms with Crippen molar-refractivity contribution < 1.29 is 22.7 Å². The van der Waals surface area contributed by atoms with Gasteiger partial charge < -0.3 is 14.8 Å². The average Bonchev–Trinajstić information content (AvgIpc) is 2.84. The Morgan fingerprint density at radius 2 is 1.93 bits per heavy atom. The Labute approximate surface area is 164 Å². The number of methoxy groups -OCH3 is 1. The lowest BCUT2D eigenvalue weighted by Gasteiger charge is -2.31. The quantitative estimate of drug-likeness (QED) is 0.850. The van der Waals surface area contributed by atoms with Crippen LogP contribution in [0.15, 0.2) is 47.4 Å². The Kier molecular flexibility index (Phi) is 4.76. The van der Waals surface area contributed by atoms with E-state index in [1.807, 2.05) is 13.0 Å². The first kappa shape index (κ1) is 18.8. The topological polar surface area (TPSA) is 84.9 Å². The van der Waals surface area contributed by atoms with Gasteiger partial charge in [-0.15, -0.1) is 0 Å². The van der Waals surface area contributed by atoms with E-state index in [-0.39, 0.29) is 30.0 Å². The van der Waals surface area contributed by atoms with E-state index in [4.69, 9.17) is 9.47 Å². The summed E-state index contributed by atoms with van der Waals surface area (Å²) in [5, 5.41) is 2.93. The van der Waals surface area contributed by atoms with Gasteiger partial charge in [0.05, 0.1) is 23.7 Å². The highest BCUT2D eigenvalue weighted by molar-refractivity contribution is 7.92. The smallest absolute Gasteiger partial charge is 0.264 e. The van der Waals surface area contributed by atoms with E-state index in [1.54, 1.807) is 36.4 Å². The van der Waals surface area contributed by atoms with E-state index in [1.165, 1.54) is 11.4 Å². The molecule has 2 aliphatic rings. The lowest BCUT2D eigenvalue weighted by Crippen LogP contribution is -2.47. The minimum absolute atomic E-state index is 0.0443. The predicted molar refractivity (Wildman–Crippen MR) is 104 cm³/mol. The molecule has 4 rings (SSSR count). The molecule has 2 atom stereocenters. The van der Waals surface area contributed by atoms with Crippen LogP contribution in [-0.4, -0.2) is 40.6 Å². The van der Waals surface area contributed by atoms with Crippen LogP contribution < -0.4 is 14.4 Å². The first-order valence-corrected chi connectivity index (χ1v) is 10.5. The number of nitrogens with zero attached hydrogens (tertiary/aromatic N) is 1. The molecular weight excluding hydrogens is 380 g/mol. The molecule has 1 N–H and O–H groups in total. The lowest BCUT2D eigenvalue weighted by atomic mass is 9.98. The number of hydrogen-bond acceptors (Lipinski definition) is 5. The molecule has 2 aliphatic heterocycles. The van der Waals surface area contributed by atoms with Crippen LogP contribution in [0.5, 0.6) is 5.75 Å². The molecule has 7 nitrogen and oxygen atoms in total. The molecule has 1 saturated heterocycles. The van der Waals surface area contributed by atoms with Crippen LogP contribution in [0.2, 0.25) is 0 Å². The molecule has 2 aromatic rings. The highest BCUT2D eigenvalue weighted by Gasteiger charge is 2.39. The number of fused-ring (bicyclic) bond motifs is 3. The minimum atomic E-state index is -3.79. The van der Waals surface area contributed by atoms with Gasteiger partial charge in [0.25, 0.3) is 10.0 Å². The number of amides is 1. The summed E-state index contributed by atoms with van der Waals surface area (Å²) in [6, 6.07) is 11.8. The largest absolute Gasteiger partial charge is 0.497 e. The first-order chi connectivity index (χ1) is 13.4. The normalized spacial score (nSPS) is 21.9. The molecule has 0 aliphatic carbocycles. The molecule has 8 heteroatoms. The first-order valence-electron chi connectivity index (χ1n) is 9.08. The molecular formula is C20H22N2O5S. The molecule has 0 bridgehead atoms. The second-order valence-corrected chi connectivity index (χ2v) is 8.87. The molecule has 28 heavy (non-hydrogen) atoms. The molecule has 2 heterocycles. The number of carbonyl (C=O) groups excluding carboxylic acids is 1. The Morgan fingerprint density at radius 1 is 1.18 bits per heavy atom. The van der Waals surface area contributed by atoms with E-state index in [2.05, 4.69) is 5.32 Å². The molecule has 148 valence electrons. The number of carbonyl (C=O) groups is 1. The summed E-state index contributed by atoms with van der Waals surface area (Å²) < 4.78 is 39.4. The number of rotatable bonds is 3. The number of benzene rings is 2. The molecule has 0 radical (unpaired) electrons. The Morgan fingerprint density at radius 3 is 2.64 bits per heavy atom. The standard InChI is InChI=1S/C20H22N2O5S/c1-13-3-6-15(7-4-13)28(24,25)22-10-9-17-20(27-12-19(23)21-17)16-8-5-14(26-2)11-18(16)22/h3-8,11,17,20H,9-10,12H2,1-2H3,(H,21,23)/t17-,20-/m0/s1. The number of morpholine rings is 1. The van der Waals surface area contributed by atoms with Gasteiger partial charge in [-0.25, -0.2) is 8.42 Å². The van der Waals surface area contributed by atoms with Gasteiger partial charge in [0.2, 0.25) is 5.91 Å². The van der Waals surface area contributed by atoms with Gasteiger partial charge in [-0.3, -0.25) is 9.10 Å². The van der Waals surface area contributed by atoms with E-state index < -0.39 is 16.1 Å². The van der Waals surface area contributed by atoms with Gasteiger partial charge in [-0.2, -0.15) is 0 Å². The molecule has 0 unspecified atom stereocenters. The monoisotopic (exact) mass is 402 g/mol. The molecule has 2 aromatic carbocycles. The van der Waals surface area contributed by atoms with Crippen LogP contribution in [-0.2, 0) is 19.6 Å². The van der Waals surface area contributed by atoms with E-state index in [9.17, 15) is 13.2 Å². The van der Waals surface area contributed by atoms with Gasteiger partial charge in [-0.05, 0) is 31.5 Å². The summed E-state index contributed by atoms with van der Waals surface area (Å²) in [5.74, 6) is 0.368. The van der Waals surface area contributed by atoms with Crippen molar-refractivity contribution in [2.45, 2.75) is 30.4 Å². The van der Waals surface area contributed by atoms with Crippen molar-refractivity contribution >= 4 is 21.6 Å². The maximum absolute atomic E-state index is 13.4. The summed E-state index contributed by atoms with van der Waals surface area (Å²) in [6.45, 7) is 2.09. The third-order valence-electron chi connectivity index (χ3n) is 5.17. The van der Waals surface area contributed by atoms with Crippen LogP contribution in [0.4, 0.5) is 5.69 Å². The van der Waals surface area contributed by atoms with E-state index in [0.717, 1.165) is 11.1 Å². The van der Waals surface area contributed by atoms with Crippen molar-refractivity contribution in [3.63, 3.8) is 0 Å². The van der Waals surface area contributed by atoms with Crippen molar-refractivity contribution in [3.05, 3.63) is 53.6 Å². The summed E-state index contributed by atoms with van der Waals surface area (Å²) >= 11 is 0. The highest BCUT2D eigenvalue weighted by Crippen LogP contribution is 2.40. The van der Waals surface area contributed by atoms with Gasteiger partial charge in [0.1, 0.15) is 18.5 Å². The van der Waals surface area contributed by atoms with Crippen LogP contribution in [0.3, 0.4) is 0 Å². The van der Waals surface area contributed by atoms with E-state index >= 15 is 0 Å². The highest BCUT2D eigenvalue weighted by atomic mass is 32.2. The molecule has 0 spiro atoms. The summed E-state index contributed by atoms with van der Waals surface area (Å²) in [5.41, 5.74) is 2.22. The van der Waals surface area contributed by atoms with Crippen LogP contribution in [0, 0.1) is 6.92 Å². The number of nitrogens with one attached hydrogen (secondary N) is 1. The summed E-state index contributed by atoms with van der Waals surface area (Å²) in [6.07, 6.45) is 0.0372. The average molecular weight is 402 g/mol.